The van der Waals surface area contributed by atoms with E-state index in [1.807, 2.05) is 12.1 Å². The van der Waals surface area contributed by atoms with E-state index in [9.17, 15) is 9.18 Å². The van der Waals surface area contributed by atoms with Crippen LogP contribution in [-0.2, 0) is 4.74 Å². The van der Waals surface area contributed by atoms with Gasteiger partial charge in [0.2, 0.25) is 0 Å². The summed E-state index contributed by atoms with van der Waals surface area (Å²) in [6.45, 7) is 2.29. The molecule has 0 bridgehead atoms. The van der Waals surface area contributed by atoms with Crippen molar-refractivity contribution in [2.45, 2.75) is 70.6 Å². The monoisotopic (exact) mass is 396 g/mol. The molecule has 2 aromatic rings. The van der Waals surface area contributed by atoms with Crippen molar-refractivity contribution in [3.8, 4) is 0 Å². The van der Waals surface area contributed by atoms with Crippen molar-refractivity contribution >= 4 is 16.7 Å². The molecule has 0 spiro atoms. The molecule has 2 aliphatic carbocycles. The zero-order chi connectivity index (χ0) is 20.4. The van der Waals surface area contributed by atoms with E-state index < -0.39 is 11.8 Å². The summed E-state index contributed by atoms with van der Waals surface area (Å²) in [4.78, 5) is 11.7. The number of carbonyl (C=O) groups excluding carboxylic acids is 1. The molecule has 0 aliphatic heterocycles. The molecule has 29 heavy (non-hydrogen) atoms. The SMILES string of the molecule is CCCCC1CCC2CC(c3ccc4c(F)c(C(=O)OC)ccc4c3)CCC2C1. The van der Waals surface area contributed by atoms with Crippen LogP contribution in [0, 0.1) is 23.6 Å². The van der Waals surface area contributed by atoms with Crippen LogP contribution in [0.15, 0.2) is 30.3 Å². The number of carbonyl (C=O) groups is 1. The standard InChI is InChI=1S/C26H33FO2/c1-3-4-5-17-6-7-19-15-20(9-8-18(19)14-17)21-10-12-23-22(16-21)11-13-24(25(23)27)26(28)29-2/h10-13,16-20H,3-9,14-15H2,1-2H3. The number of unbranched alkanes of at least 4 members (excludes halogenated alkanes) is 1. The first kappa shape index (κ1) is 20.4. The van der Waals surface area contributed by atoms with Crippen LogP contribution in [0.4, 0.5) is 4.39 Å². The third-order valence-corrected chi connectivity index (χ3v) is 7.54. The molecule has 156 valence electrons. The Kier molecular flexibility index (Phi) is 6.22. The Balaban J connectivity index is 1.48. The molecule has 0 N–H and O–H groups in total. The number of ether oxygens (including phenoxy) is 1. The predicted molar refractivity (Wildman–Crippen MR) is 116 cm³/mol. The summed E-state index contributed by atoms with van der Waals surface area (Å²) in [5, 5.41) is 1.37. The smallest absolute Gasteiger partial charge is 0.340 e. The van der Waals surface area contributed by atoms with Gasteiger partial charge in [-0.2, -0.15) is 0 Å². The largest absolute Gasteiger partial charge is 0.465 e. The number of benzene rings is 2. The molecule has 4 rings (SSSR count). The number of halogens is 1. The molecule has 2 aliphatic rings. The molecule has 0 saturated heterocycles. The van der Waals surface area contributed by atoms with Gasteiger partial charge in [-0.15, -0.1) is 0 Å². The van der Waals surface area contributed by atoms with Crippen LogP contribution in [0.1, 0.15) is 86.6 Å². The number of esters is 1. The van der Waals surface area contributed by atoms with E-state index in [0.29, 0.717) is 11.3 Å². The lowest BCUT2D eigenvalue weighted by molar-refractivity contribution is 0.0596. The minimum atomic E-state index is -0.624. The van der Waals surface area contributed by atoms with Crippen molar-refractivity contribution in [2.24, 2.45) is 17.8 Å². The maximum atomic E-state index is 14.7. The summed E-state index contributed by atoms with van der Waals surface area (Å²) >= 11 is 0. The van der Waals surface area contributed by atoms with E-state index in [1.54, 1.807) is 6.07 Å². The number of hydrogen-bond acceptors (Lipinski definition) is 2. The lowest BCUT2D eigenvalue weighted by Gasteiger charge is -2.42. The lowest BCUT2D eigenvalue weighted by atomic mass is 9.63. The highest BCUT2D eigenvalue weighted by atomic mass is 19.1. The van der Waals surface area contributed by atoms with Crippen LogP contribution in [0.3, 0.4) is 0 Å². The Bertz CT molecular complexity index is 874. The molecule has 0 amide bonds. The van der Waals surface area contributed by atoms with Crippen LogP contribution in [0.25, 0.3) is 10.8 Å². The van der Waals surface area contributed by atoms with Gasteiger partial charge in [-0.3, -0.25) is 0 Å². The quantitative estimate of drug-likeness (QED) is 0.497. The lowest BCUT2D eigenvalue weighted by Crippen LogP contribution is -2.30. The molecule has 2 fully saturated rings. The van der Waals surface area contributed by atoms with E-state index in [1.165, 1.54) is 70.5 Å². The number of fused-ring (bicyclic) bond motifs is 2. The second-order valence-corrected chi connectivity index (χ2v) is 9.25. The van der Waals surface area contributed by atoms with Gasteiger partial charge in [0.25, 0.3) is 0 Å². The molecule has 4 atom stereocenters. The van der Waals surface area contributed by atoms with Crippen molar-refractivity contribution in [1.82, 2.24) is 0 Å². The Labute approximate surface area is 173 Å². The van der Waals surface area contributed by atoms with Gasteiger partial charge in [-0.25, -0.2) is 9.18 Å². The second-order valence-electron chi connectivity index (χ2n) is 9.25. The fourth-order valence-corrected chi connectivity index (χ4v) is 5.88. The van der Waals surface area contributed by atoms with Gasteiger partial charge in [0.1, 0.15) is 5.82 Å². The van der Waals surface area contributed by atoms with E-state index in [0.717, 1.165) is 23.1 Å². The fraction of sp³-hybridized carbons (Fsp3) is 0.577. The molecule has 4 unspecified atom stereocenters. The third kappa shape index (κ3) is 4.20. The van der Waals surface area contributed by atoms with Gasteiger partial charge < -0.3 is 4.74 Å². The maximum absolute atomic E-state index is 14.7. The van der Waals surface area contributed by atoms with Crippen molar-refractivity contribution in [1.29, 1.82) is 0 Å². The van der Waals surface area contributed by atoms with Crippen LogP contribution in [-0.4, -0.2) is 13.1 Å². The fourth-order valence-electron chi connectivity index (χ4n) is 5.88. The maximum Gasteiger partial charge on any atom is 0.340 e. The van der Waals surface area contributed by atoms with Crippen molar-refractivity contribution in [3.63, 3.8) is 0 Å². The number of hydrogen-bond donors (Lipinski definition) is 0. The summed E-state index contributed by atoms with van der Waals surface area (Å²) in [6.07, 6.45) is 12.2. The summed E-state index contributed by atoms with van der Waals surface area (Å²) in [7, 11) is 1.28. The first-order valence-corrected chi connectivity index (χ1v) is 11.4. The van der Waals surface area contributed by atoms with Gasteiger partial charge in [-0.05, 0) is 72.8 Å². The van der Waals surface area contributed by atoms with E-state index in [2.05, 4.69) is 23.8 Å². The zero-order valence-corrected chi connectivity index (χ0v) is 17.8. The van der Waals surface area contributed by atoms with Crippen LogP contribution < -0.4 is 0 Å². The Morgan fingerprint density at radius 1 is 1.07 bits per heavy atom. The average molecular weight is 397 g/mol. The van der Waals surface area contributed by atoms with Crippen molar-refractivity contribution < 1.29 is 13.9 Å². The Morgan fingerprint density at radius 2 is 1.86 bits per heavy atom. The molecule has 2 aromatic carbocycles. The molecular formula is C26H33FO2. The second kappa shape index (κ2) is 8.85. The van der Waals surface area contributed by atoms with Crippen molar-refractivity contribution in [3.05, 3.63) is 47.3 Å². The summed E-state index contributed by atoms with van der Waals surface area (Å²) in [6, 6.07) is 9.45. The van der Waals surface area contributed by atoms with Crippen LogP contribution in [0.2, 0.25) is 0 Å². The highest BCUT2D eigenvalue weighted by Crippen LogP contribution is 2.48. The Morgan fingerprint density at radius 3 is 2.66 bits per heavy atom. The zero-order valence-electron chi connectivity index (χ0n) is 17.8. The molecule has 2 saturated carbocycles. The van der Waals surface area contributed by atoms with Gasteiger partial charge in [0, 0.05) is 5.39 Å². The van der Waals surface area contributed by atoms with Crippen molar-refractivity contribution in [2.75, 3.05) is 7.11 Å². The molecule has 2 nitrogen and oxygen atoms in total. The first-order valence-electron chi connectivity index (χ1n) is 11.4. The predicted octanol–water partition coefficient (Wildman–Crippen LogP) is 7.26. The van der Waals surface area contributed by atoms with Gasteiger partial charge in [0.05, 0.1) is 12.7 Å². The van der Waals surface area contributed by atoms with Gasteiger partial charge >= 0.3 is 5.97 Å². The average Bonchev–Trinajstić information content (AvgIpc) is 2.76. The van der Waals surface area contributed by atoms with Crippen LogP contribution in [0.5, 0.6) is 0 Å². The molecule has 0 aromatic heterocycles. The molecular weight excluding hydrogens is 363 g/mol. The minimum Gasteiger partial charge on any atom is -0.465 e. The molecule has 3 heteroatoms. The number of methoxy groups -OCH3 is 1. The summed E-state index contributed by atoms with van der Waals surface area (Å²) < 4.78 is 19.4. The molecule has 0 heterocycles. The van der Waals surface area contributed by atoms with E-state index in [-0.39, 0.29) is 5.56 Å². The minimum absolute atomic E-state index is 0.00749. The first-order chi connectivity index (χ1) is 14.1. The van der Waals surface area contributed by atoms with Crippen LogP contribution >= 0.6 is 0 Å². The topological polar surface area (TPSA) is 26.3 Å². The highest BCUT2D eigenvalue weighted by Gasteiger charge is 2.35. The Hall–Kier alpha value is -1.90. The van der Waals surface area contributed by atoms with E-state index >= 15 is 0 Å². The van der Waals surface area contributed by atoms with E-state index in [4.69, 9.17) is 0 Å². The summed E-state index contributed by atoms with van der Waals surface area (Å²) in [5.74, 6) is 2.22. The number of rotatable bonds is 5. The normalized spacial score (nSPS) is 26.9. The summed E-state index contributed by atoms with van der Waals surface area (Å²) in [5.41, 5.74) is 1.34. The third-order valence-electron chi connectivity index (χ3n) is 7.54. The van der Waals surface area contributed by atoms with Gasteiger partial charge in [0.15, 0.2) is 0 Å². The molecule has 0 radical (unpaired) electrons. The highest BCUT2D eigenvalue weighted by molar-refractivity contribution is 5.96. The van der Waals surface area contributed by atoms with Gasteiger partial charge in [-0.1, -0.05) is 56.9 Å².